The van der Waals surface area contributed by atoms with Gasteiger partial charge in [-0.25, -0.2) is 4.68 Å². The van der Waals surface area contributed by atoms with E-state index in [0.29, 0.717) is 13.1 Å². The summed E-state index contributed by atoms with van der Waals surface area (Å²) in [5, 5.41) is 7.94. The average molecular weight is 446 g/mol. The van der Waals surface area contributed by atoms with Crippen molar-refractivity contribution in [2.75, 3.05) is 50.1 Å². The number of rotatable bonds is 7. The van der Waals surface area contributed by atoms with Crippen molar-refractivity contribution in [1.29, 1.82) is 0 Å². The first-order valence-corrected chi connectivity index (χ1v) is 11.7. The van der Waals surface area contributed by atoms with Gasteiger partial charge in [-0.15, -0.1) is 0 Å². The maximum absolute atomic E-state index is 12.7. The fraction of sp³-hybridized carbons (Fsp3) is 0.385. The van der Waals surface area contributed by atoms with Gasteiger partial charge in [0.25, 0.3) is 0 Å². The zero-order chi connectivity index (χ0) is 22.6. The van der Waals surface area contributed by atoms with Crippen molar-refractivity contribution in [3.8, 4) is 5.69 Å². The molecule has 0 spiro atoms. The van der Waals surface area contributed by atoms with Crippen molar-refractivity contribution in [2.24, 2.45) is 0 Å². The number of para-hydroxylation sites is 1. The van der Waals surface area contributed by atoms with Gasteiger partial charge < -0.3 is 15.0 Å². The van der Waals surface area contributed by atoms with Gasteiger partial charge in [0.15, 0.2) is 0 Å². The zero-order valence-corrected chi connectivity index (χ0v) is 19.2. The molecule has 0 radical (unpaired) electrons. The summed E-state index contributed by atoms with van der Waals surface area (Å²) < 4.78 is 7.50. The van der Waals surface area contributed by atoms with Crippen LogP contribution >= 0.6 is 0 Å². The van der Waals surface area contributed by atoms with Gasteiger partial charge in [0.2, 0.25) is 5.91 Å². The van der Waals surface area contributed by atoms with Crippen LogP contribution in [0.5, 0.6) is 0 Å². The Kier molecular flexibility index (Phi) is 6.41. The van der Waals surface area contributed by atoms with Crippen LogP contribution in [0.2, 0.25) is 0 Å². The van der Waals surface area contributed by atoms with Crippen LogP contribution in [0.15, 0.2) is 54.6 Å². The Bertz CT molecular complexity index is 1090. The second-order valence-corrected chi connectivity index (χ2v) is 8.84. The molecule has 5 rings (SSSR count). The van der Waals surface area contributed by atoms with E-state index in [2.05, 4.69) is 39.2 Å². The van der Waals surface area contributed by atoms with Gasteiger partial charge in [0.05, 0.1) is 31.1 Å². The second kappa shape index (κ2) is 9.77. The Labute approximate surface area is 195 Å². The molecular formula is C26H31N5O2. The van der Waals surface area contributed by atoms with Gasteiger partial charge in [0, 0.05) is 36.7 Å². The first-order chi connectivity index (χ1) is 16.2. The summed E-state index contributed by atoms with van der Waals surface area (Å²) in [5.41, 5.74) is 6.83. The lowest BCUT2D eigenvalue weighted by Gasteiger charge is -2.28. The minimum absolute atomic E-state index is 0.0178. The smallest absolute Gasteiger partial charge is 0.238 e. The number of ether oxygens (including phenoxy) is 1. The molecule has 172 valence electrons. The van der Waals surface area contributed by atoms with Gasteiger partial charge in [-0.2, -0.15) is 5.10 Å². The van der Waals surface area contributed by atoms with Crippen LogP contribution in [-0.4, -0.2) is 60.5 Å². The topological polar surface area (TPSA) is 62.6 Å². The van der Waals surface area contributed by atoms with Crippen molar-refractivity contribution in [1.82, 2.24) is 14.7 Å². The molecule has 0 atom stereocenters. The van der Waals surface area contributed by atoms with E-state index in [4.69, 9.17) is 9.84 Å². The van der Waals surface area contributed by atoms with Crippen LogP contribution < -0.4 is 10.2 Å². The fourth-order valence-electron chi connectivity index (χ4n) is 4.76. The van der Waals surface area contributed by atoms with Gasteiger partial charge in [-0.05, 0) is 68.3 Å². The van der Waals surface area contributed by atoms with Crippen molar-refractivity contribution in [3.05, 3.63) is 71.5 Å². The highest BCUT2D eigenvalue weighted by Gasteiger charge is 2.24. The van der Waals surface area contributed by atoms with Crippen LogP contribution in [0.25, 0.3) is 5.69 Å². The predicted octanol–water partition coefficient (Wildman–Crippen LogP) is 3.27. The Morgan fingerprint density at radius 3 is 2.55 bits per heavy atom. The second-order valence-electron chi connectivity index (χ2n) is 8.84. The molecule has 1 fully saturated rings. The lowest BCUT2D eigenvalue weighted by molar-refractivity contribution is -0.117. The third-order valence-corrected chi connectivity index (χ3v) is 6.37. The molecule has 2 aliphatic rings. The molecule has 1 aromatic heterocycles. The Balaban J connectivity index is 1.19. The monoisotopic (exact) mass is 445 g/mol. The van der Waals surface area contributed by atoms with E-state index >= 15 is 0 Å². The van der Waals surface area contributed by atoms with E-state index in [1.807, 2.05) is 42.3 Å². The highest BCUT2D eigenvalue weighted by molar-refractivity contribution is 5.92. The molecule has 2 aromatic carbocycles. The first-order valence-electron chi connectivity index (χ1n) is 11.7. The number of hydrogen-bond acceptors (Lipinski definition) is 5. The van der Waals surface area contributed by atoms with Crippen LogP contribution in [0.3, 0.4) is 0 Å². The minimum Gasteiger partial charge on any atom is -0.378 e. The maximum Gasteiger partial charge on any atom is 0.238 e. The van der Waals surface area contributed by atoms with Crippen LogP contribution in [-0.2, 0) is 28.9 Å². The Morgan fingerprint density at radius 2 is 1.79 bits per heavy atom. The number of morpholine rings is 1. The maximum atomic E-state index is 12.7. The number of nitrogens with zero attached hydrogens (tertiary/aromatic N) is 4. The lowest BCUT2D eigenvalue weighted by Crippen LogP contribution is -2.36. The predicted molar refractivity (Wildman–Crippen MR) is 130 cm³/mol. The summed E-state index contributed by atoms with van der Waals surface area (Å²) in [5.74, 6) is -0.0178. The summed E-state index contributed by atoms with van der Waals surface area (Å²) in [6, 6.07) is 18.4. The molecule has 2 heterocycles. The molecule has 1 aliphatic heterocycles. The third-order valence-electron chi connectivity index (χ3n) is 6.37. The molecule has 0 bridgehead atoms. The van der Waals surface area contributed by atoms with E-state index in [1.165, 1.54) is 11.3 Å². The number of anilines is 2. The molecule has 33 heavy (non-hydrogen) atoms. The number of benzene rings is 2. The minimum atomic E-state index is -0.0178. The number of aromatic nitrogens is 2. The summed E-state index contributed by atoms with van der Waals surface area (Å²) >= 11 is 0. The fourth-order valence-corrected chi connectivity index (χ4v) is 4.76. The van der Waals surface area contributed by atoms with Crippen molar-refractivity contribution in [3.63, 3.8) is 0 Å². The Hall–Kier alpha value is -3.16. The molecule has 7 nitrogen and oxygen atoms in total. The van der Waals surface area contributed by atoms with Crippen molar-refractivity contribution < 1.29 is 9.53 Å². The molecular weight excluding hydrogens is 414 g/mol. The van der Waals surface area contributed by atoms with Crippen LogP contribution in [0.4, 0.5) is 11.4 Å². The van der Waals surface area contributed by atoms with Crippen molar-refractivity contribution in [2.45, 2.75) is 25.8 Å². The number of likely N-dealkylation sites (N-methyl/N-ethyl adjacent to an activating group) is 1. The van der Waals surface area contributed by atoms with Crippen LogP contribution in [0.1, 0.15) is 23.4 Å². The van der Waals surface area contributed by atoms with Gasteiger partial charge in [0.1, 0.15) is 0 Å². The number of fused-ring (bicyclic) bond motifs is 1. The normalized spacial score (nSPS) is 15.6. The SMILES string of the molecule is CN(CC(=O)Nc1ccc(N2CCOCC2)cc1)Cc1nn(-c2ccccc2)c2c1CCC2. The Morgan fingerprint density at radius 1 is 1.03 bits per heavy atom. The summed E-state index contributed by atoms with van der Waals surface area (Å²) in [4.78, 5) is 17.0. The van der Waals surface area contributed by atoms with Crippen molar-refractivity contribution >= 4 is 17.3 Å². The molecule has 7 heteroatoms. The first kappa shape index (κ1) is 21.7. The van der Waals surface area contributed by atoms with E-state index in [0.717, 1.165) is 68.3 Å². The number of hydrogen-bond donors (Lipinski definition) is 1. The summed E-state index contributed by atoms with van der Waals surface area (Å²) in [7, 11) is 1.98. The number of carbonyl (C=O) groups is 1. The third kappa shape index (κ3) is 4.94. The molecule has 0 unspecified atom stereocenters. The molecule has 0 saturated carbocycles. The molecule has 1 aliphatic carbocycles. The van der Waals surface area contributed by atoms with Gasteiger partial charge >= 0.3 is 0 Å². The summed E-state index contributed by atoms with van der Waals surface area (Å²) in [6.45, 7) is 4.31. The average Bonchev–Trinajstić information content (AvgIpc) is 3.45. The highest BCUT2D eigenvalue weighted by Crippen LogP contribution is 2.28. The van der Waals surface area contributed by atoms with Gasteiger partial charge in [-0.3, -0.25) is 9.69 Å². The van der Waals surface area contributed by atoms with E-state index in [9.17, 15) is 4.79 Å². The van der Waals surface area contributed by atoms with E-state index in [-0.39, 0.29) is 5.91 Å². The quantitative estimate of drug-likeness (QED) is 0.605. The largest absolute Gasteiger partial charge is 0.378 e. The number of carbonyl (C=O) groups excluding carboxylic acids is 1. The van der Waals surface area contributed by atoms with E-state index in [1.54, 1.807) is 0 Å². The molecule has 1 N–H and O–H groups in total. The lowest BCUT2D eigenvalue weighted by atomic mass is 10.2. The van der Waals surface area contributed by atoms with Crippen LogP contribution in [0, 0.1) is 0 Å². The molecule has 1 amide bonds. The number of amides is 1. The summed E-state index contributed by atoms with van der Waals surface area (Å²) in [6.07, 6.45) is 3.28. The zero-order valence-electron chi connectivity index (χ0n) is 19.2. The van der Waals surface area contributed by atoms with E-state index < -0.39 is 0 Å². The number of nitrogens with one attached hydrogen (secondary N) is 1. The van der Waals surface area contributed by atoms with Gasteiger partial charge in [-0.1, -0.05) is 18.2 Å². The molecule has 1 saturated heterocycles. The highest BCUT2D eigenvalue weighted by atomic mass is 16.5. The standard InChI is InChI=1S/C26H31N5O2/c1-29(18-24-23-8-5-9-25(23)31(28-24)22-6-3-2-4-7-22)19-26(32)27-20-10-12-21(13-11-20)30-14-16-33-17-15-30/h2-4,6-7,10-13H,5,8-9,14-19H2,1H3,(H,27,32). The molecule has 3 aromatic rings.